The molecular weight excluding hydrogens is 468 g/mol. The lowest BCUT2D eigenvalue weighted by Gasteiger charge is -2.12. The Balaban J connectivity index is 1.82. The Hall–Kier alpha value is -4.12. The highest BCUT2D eigenvalue weighted by molar-refractivity contribution is 6.35. The highest BCUT2D eigenvalue weighted by atomic mass is 16.5. The van der Waals surface area contributed by atoms with Crippen molar-refractivity contribution in [1.82, 2.24) is 10.7 Å². The number of methoxy groups -OCH3 is 2. The number of amides is 3. The maximum atomic E-state index is 12.2. The molecule has 11 heteroatoms. The van der Waals surface area contributed by atoms with E-state index in [1.165, 1.54) is 13.3 Å². The van der Waals surface area contributed by atoms with Gasteiger partial charge in [0.1, 0.15) is 5.75 Å². The molecule has 0 aliphatic carbocycles. The number of carbonyl (C=O) groups is 3. The van der Waals surface area contributed by atoms with Crippen LogP contribution in [-0.2, 0) is 19.1 Å². The standard InChI is InChI=1S/C25H32N4O7/c1-17(2)35-12-6-11-26-24(31)25(32)29-27-15-18-9-10-21(22(13-18)34-4)36-16-23(30)28-19-7-5-8-20(14-19)33-3/h5,7-10,13-15,17H,6,11-12,16H2,1-4H3,(H,26,31)(H,28,30)(H,29,32)/b27-15-. The number of anilines is 1. The van der Waals surface area contributed by atoms with Gasteiger partial charge in [-0.25, -0.2) is 5.43 Å². The first kappa shape index (κ1) is 28.1. The quantitative estimate of drug-likeness (QED) is 0.166. The Labute approximate surface area is 210 Å². The second-order valence-corrected chi connectivity index (χ2v) is 7.71. The topological polar surface area (TPSA) is 137 Å². The van der Waals surface area contributed by atoms with Crippen LogP contribution < -0.4 is 30.3 Å². The molecule has 2 aromatic rings. The first-order valence-electron chi connectivity index (χ1n) is 11.3. The van der Waals surface area contributed by atoms with E-state index in [0.717, 1.165) is 0 Å². The molecule has 0 unspecified atom stereocenters. The molecule has 0 aliphatic heterocycles. The van der Waals surface area contributed by atoms with Gasteiger partial charge < -0.3 is 29.6 Å². The highest BCUT2D eigenvalue weighted by Gasteiger charge is 2.12. The molecule has 0 atom stereocenters. The predicted molar refractivity (Wildman–Crippen MR) is 135 cm³/mol. The first-order chi connectivity index (χ1) is 17.3. The Bertz CT molecular complexity index is 1060. The third kappa shape index (κ3) is 10.0. The first-order valence-corrected chi connectivity index (χ1v) is 11.3. The third-order valence-corrected chi connectivity index (χ3v) is 4.54. The average molecular weight is 501 g/mol. The van der Waals surface area contributed by atoms with E-state index in [0.29, 0.717) is 48.1 Å². The van der Waals surface area contributed by atoms with Gasteiger partial charge in [-0.15, -0.1) is 0 Å². The maximum absolute atomic E-state index is 12.2. The number of nitrogens with zero attached hydrogens (tertiary/aromatic N) is 1. The molecular formula is C25H32N4O7. The molecule has 0 radical (unpaired) electrons. The van der Waals surface area contributed by atoms with Crippen LogP contribution in [0.2, 0.25) is 0 Å². The van der Waals surface area contributed by atoms with Gasteiger partial charge in [-0.3, -0.25) is 14.4 Å². The molecule has 0 saturated heterocycles. The number of benzene rings is 2. The van der Waals surface area contributed by atoms with Gasteiger partial charge in [0.15, 0.2) is 18.1 Å². The Morgan fingerprint density at radius 1 is 1.00 bits per heavy atom. The number of hydrazone groups is 1. The molecule has 0 saturated carbocycles. The molecule has 194 valence electrons. The van der Waals surface area contributed by atoms with Crippen LogP contribution >= 0.6 is 0 Å². The number of nitrogens with one attached hydrogen (secondary N) is 3. The number of hydrogen-bond acceptors (Lipinski definition) is 8. The zero-order valence-corrected chi connectivity index (χ0v) is 20.8. The summed E-state index contributed by atoms with van der Waals surface area (Å²) in [5.74, 6) is -0.697. The minimum Gasteiger partial charge on any atom is -0.497 e. The van der Waals surface area contributed by atoms with Gasteiger partial charge in [-0.05, 0) is 56.2 Å². The molecule has 0 aromatic heterocycles. The van der Waals surface area contributed by atoms with Gasteiger partial charge in [-0.2, -0.15) is 5.10 Å². The summed E-state index contributed by atoms with van der Waals surface area (Å²) in [6, 6.07) is 11.8. The summed E-state index contributed by atoms with van der Waals surface area (Å²) in [5, 5.41) is 9.01. The zero-order chi connectivity index (χ0) is 26.3. The summed E-state index contributed by atoms with van der Waals surface area (Å²) in [6.07, 6.45) is 2.06. The monoisotopic (exact) mass is 500 g/mol. The van der Waals surface area contributed by atoms with E-state index in [-0.39, 0.29) is 18.6 Å². The third-order valence-electron chi connectivity index (χ3n) is 4.54. The summed E-state index contributed by atoms with van der Waals surface area (Å²) in [4.78, 5) is 35.8. The minimum absolute atomic E-state index is 0.113. The molecule has 0 fully saturated rings. The van der Waals surface area contributed by atoms with Crippen molar-refractivity contribution in [1.29, 1.82) is 0 Å². The van der Waals surface area contributed by atoms with Crippen LogP contribution in [-0.4, -0.2) is 64.0 Å². The van der Waals surface area contributed by atoms with Gasteiger partial charge in [0.2, 0.25) is 0 Å². The van der Waals surface area contributed by atoms with E-state index in [1.54, 1.807) is 49.6 Å². The molecule has 2 aromatic carbocycles. The second-order valence-electron chi connectivity index (χ2n) is 7.71. The van der Waals surface area contributed by atoms with Crippen molar-refractivity contribution < 1.29 is 33.3 Å². The number of rotatable bonds is 13. The van der Waals surface area contributed by atoms with Crippen LogP contribution in [0.3, 0.4) is 0 Å². The van der Waals surface area contributed by atoms with Crippen molar-refractivity contribution in [2.24, 2.45) is 5.10 Å². The molecule has 3 N–H and O–H groups in total. The SMILES string of the molecule is COc1cccc(NC(=O)COc2ccc(/C=N\NC(=O)C(=O)NCCCOC(C)C)cc2OC)c1. The van der Waals surface area contributed by atoms with E-state index in [2.05, 4.69) is 21.2 Å². The fourth-order valence-electron chi connectivity index (χ4n) is 2.81. The predicted octanol–water partition coefficient (Wildman–Crippen LogP) is 2.10. The molecule has 2 rings (SSSR count). The fourth-order valence-corrected chi connectivity index (χ4v) is 2.81. The van der Waals surface area contributed by atoms with Crippen molar-refractivity contribution in [3.8, 4) is 17.2 Å². The molecule has 36 heavy (non-hydrogen) atoms. The van der Waals surface area contributed by atoms with E-state index < -0.39 is 11.8 Å². The van der Waals surface area contributed by atoms with Gasteiger partial charge in [0, 0.05) is 24.9 Å². The highest BCUT2D eigenvalue weighted by Crippen LogP contribution is 2.27. The normalized spacial score (nSPS) is 10.7. The van der Waals surface area contributed by atoms with Crippen LogP contribution in [0.15, 0.2) is 47.6 Å². The molecule has 0 aliphatic rings. The number of carbonyl (C=O) groups excluding carboxylic acids is 3. The number of ether oxygens (including phenoxy) is 4. The van der Waals surface area contributed by atoms with Crippen LogP contribution in [0.1, 0.15) is 25.8 Å². The molecule has 3 amide bonds. The van der Waals surface area contributed by atoms with Gasteiger partial charge >= 0.3 is 11.8 Å². The molecule has 11 nitrogen and oxygen atoms in total. The lowest BCUT2D eigenvalue weighted by atomic mass is 10.2. The average Bonchev–Trinajstić information content (AvgIpc) is 2.87. The van der Waals surface area contributed by atoms with Crippen molar-refractivity contribution in [3.05, 3.63) is 48.0 Å². The summed E-state index contributed by atoms with van der Waals surface area (Å²) in [6.45, 7) is 4.41. The van der Waals surface area contributed by atoms with Gasteiger partial charge in [0.05, 0.1) is 26.5 Å². The Morgan fingerprint density at radius 2 is 1.81 bits per heavy atom. The van der Waals surface area contributed by atoms with Crippen LogP contribution in [0, 0.1) is 0 Å². The summed E-state index contributed by atoms with van der Waals surface area (Å²) in [7, 11) is 3.00. The Morgan fingerprint density at radius 3 is 2.53 bits per heavy atom. The van der Waals surface area contributed by atoms with E-state index in [9.17, 15) is 14.4 Å². The van der Waals surface area contributed by atoms with Crippen molar-refractivity contribution >= 4 is 29.6 Å². The molecule has 0 bridgehead atoms. The largest absolute Gasteiger partial charge is 0.497 e. The molecule has 0 spiro atoms. The van der Waals surface area contributed by atoms with Crippen molar-refractivity contribution in [2.45, 2.75) is 26.4 Å². The van der Waals surface area contributed by atoms with E-state index in [1.807, 2.05) is 13.8 Å². The summed E-state index contributed by atoms with van der Waals surface area (Å²) >= 11 is 0. The Kier molecular flexibility index (Phi) is 11.7. The summed E-state index contributed by atoms with van der Waals surface area (Å²) in [5.41, 5.74) is 3.32. The zero-order valence-electron chi connectivity index (χ0n) is 20.8. The lowest BCUT2D eigenvalue weighted by molar-refractivity contribution is -0.139. The van der Waals surface area contributed by atoms with E-state index >= 15 is 0 Å². The smallest absolute Gasteiger partial charge is 0.329 e. The van der Waals surface area contributed by atoms with Crippen LogP contribution in [0.4, 0.5) is 5.69 Å². The fraction of sp³-hybridized carbons (Fsp3) is 0.360. The van der Waals surface area contributed by atoms with Crippen molar-refractivity contribution in [3.63, 3.8) is 0 Å². The minimum atomic E-state index is -0.884. The van der Waals surface area contributed by atoms with Crippen LogP contribution in [0.25, 0.3) is 0 Å². The van der Waals surface area contributed by atoms with Crippen LogP contribution in [0.5, 0.6) is 17.2 Å². The number of hydrogen-bond donors (Lipinski definition) is 3. The van der Waals surface area contributed by atoms with Gasteiger partial charge in [-0.1, -0.05) is 6.07 Å². The maximum Gasteiger partial charge on any atom is 0.329 e. The van der Waals surface area contributed by atoms with Crippen molar-refractivity contribution in [2.75, 3.05) is 39.3 Å². The van der Waals surface area contributed by atoms with E-state index in [4.69, 9.17) is 18.9 Å². The van der Waals surface area contributed by atoms with Gasteiger partial charge in [0.25, 0.3) is 5.91 Å². The summed E-state index contributed by atoms with van der Waals surface area (Å²) < 4.78 is 21.4. The lowest BCUT2D eigenvalue weighted by Crippen LogP contribution is -2.38. The second kappa shape index (κ2) is 15.0. The molecule has 0 heterocycles.